The maximum absolute atomic E-state index is 12.5. The topological polar surface area (TPSA) is 87.2 Å². The van der Waals surface area contributed by atoms with Crippen LogP contribution in [-0.2, 0) is 11.2 Å². The summed E-state index contributed by atoms with van der Waals surface area (Å²) in [6, 6.07) is 8.10. The number of nitro benzene ring substituents is 1. The minimum absolute atomic E-state index is 0.0103. The van der Waals surface area contributed by atoms with Crippen molar-refractivity contribution < 1.29 is 9.72 Å². The molecule has 0 aliphatic carbocycles. The summed E-state index contributed by atoms with van der Waals surface area (Å²) in [4.78, 5) is 24.4. The average Bonchev–Trinajstić information content (AvgIpc) is 2.81. The molecule has 2 rings (SSSR count). The molecule has 1 atom stereocenters. The Morgan fingerprint density at radius 3 is 2.32 bits per heavy atom. The van der Waals surface area contributed by atoms with E-state index in [-0.39, 0.29) is 11.6 Å². The monoisotopic (exact) mass is 301 g/mol. The van der Waals surface area contributed by atoms with Gasteiger partial charge in [0, 0.05) is 25.2 Å². The minimum Gasteiger partial charge on any atom is -0.342 e. The van der Waals surface area contributed by atoms with Gasteiger partial charge >= 0.3 is 0 Å². The summed E-state index contributed by atoms with van der Waals surface area (Å²) in [6.07, 6.45) is 4.53. The van der Waals surface area contributed by atoms with E-state index in [4.69, 9.17) is 0 Å². The van der Waals surface area contributed by atoms with Crippen LogP contribution < -0.4 is 0 Å². The van der Waals surface area contributed by atoms with Crippen molar-refractivity contribution in [2.24, 2.45) is 5.92 Å². The lowest BCUT2D eigenvalue weighted by molar-refractivity contribution is -0.384. The number of nitro groups is 1. The smallest absolute Gasteiger partial charge is 0.269 e. The standard InChI is InChI=1S/C16H19N3O3/c17-12-14(16(20)18-9-3-1-2-4-10-18)11-13-5-7-15(8-6-13)19(21)22/h5-8,14H,1-4,9-11H2. The summed E-state index contributed by atoms with van der Waals surface area (Å²) >= 11 is 0. The second kappa shape index (κ2) is 7.55. The number of amides is 1. The van der Waals surface area contributed by atoms with Crippen LogP contribution in [0.3, 0.4) is 0 Å². The molecule has 6 nitrogen and oxygen atoms in total. The fourth-order valence-corrected chi connectivity index (χ4v) is 2.69. The van der Waals surface area contributed by atoms with Gasteiger partial charge in [-0.3, -0.25) is 14.9 Å². The molecule has 22 heavy (non-hydrogen) atoms. The Balaban J connectivity index is 2.03. The van der Waals surface area contributed by atoms with Crippen LogP contribution in [0, 0.1) is 27.4 Å². The zero-order chi connectivity index (χ0) is 15.9. The van der Waals surface area contributed by atoms with E-state index in [0.717, 1.165) is 44.3 Å². The molecule has 116 valence electrons. The van der Waals surface area contributed by atoms with Crippen molar-refractivity contribution >= 4 is 11.6 Å². The number of rotatable bonds is 4. The lowest BCUT2D eigenvalue weighted by Crippen LogP contribution is -2.37. The molecule has 1 unspecified atom stereocenters. The van der Waals surface area contributed by atoms with Gasteiger partial charge in [0.2, 0.25) is 5.91 Å². The quantitative estimate of drug-likeness (QED) is 0.632. The molecule has 0 bridgehead atoms. The first kappa shape index (κ1) is 16.0. The van der Waals surface area contributed by atoms with Gasteiger partial charge in [-0.2, -0.15) is 5.26 Å². The molecule has 6 heteroatoms. The van der Waals surface area contributed by atoms with Crippen molar-refractivity contribution in [3.05, 3.63) is 39.9 Å². The average molecular weight is 301 g/mol. The van der Waals surface area contributed by atoms with Gasteiger partial charge in [0.05, 0.1) is 11.0 Å². The van der Waals surface area contributed by atoms with E-state index in [1.165, 1.54) is 12.1 Å². The van der Waals surface area contributed by atoms with Crippen LogP contribution >= 0.6 is 0 Å². The molecule has 0 N–H and O–H groups in total. The van der Waals surface area contributed by atoms with Crippen molar-refractivity contribution in [3.8, 4) is 6.07 Å². The highest BCUT2D eigenvalue weighted by atomic mass is 16.6. The van der Waals surface area contributed by atoms with Gasteiger partial charge in [0.1, 0.15) is 5.92 Å². The summed E-state index contributed by atoms with van der Waals surface area (Å²) in [5, 5.41) is 19.9. The molecule has 1 aliphatic rings. The highest BCUT2D eigenvalue weighted by Crippen LogP contribution is 2.18. The number of carbonyl (C=O) groups is 1. The van der Waals surface area contributed by atoms with Gasteiger partial charge in [-0.25, -0.2) is 0 Å². The van der Waals surface area contributed by atoms with Gasteiger partial charge in [0.25, 0.3) is 5.69 Å². The number of benzene rings is 1. The van der Waals surface area contributed by atoms with Gasteiger partial charge in [-0.15, -0.1) is 0 Å². The molecule has 1 aromatic rings. The normalized spacial score (nSPS) is 16.4. The van der Waals surface area contributed by atoms with Crippen LogP contribution in [0.15, 0.2) is 24.3 Å². The number of hydrogen-bond donors (Lipinski definition) is 0. The van der Waals surface area contributed by atoms with Crippen LogP contribution in [-0.4, -0.2) is 28.8 Å². The Morgan fingerprint density at radius 2 is 1.82 bits per heavy atom. The Kier molecular flexibility index (Phi) is 5.48. The van der Waals surface area contributed by atoms with Crippen molar-refractivity contribution in [1.82, 2.24) is 4.90 Å². The van der Waals surface area contributed by atoms with Crippen LogP contribution in [0.5, 0.6) is 0 Å². The van der Waals surface area contributed by atoms with E-state index < -0.39 is 10.8 Å². The molecule has 1 aromatic carbocycles. The van der Waals surface area contributed by atoms with E-state index in [1.807, 2.05) is 0 Å². The summed E-state index contributed by atoms with van der Waals surface area (Å²) in [5.74, 6) is -0.845. The zero-order valence-electron chi connectivity index (χ0n) is 12.4. The number of hydrogen-bond acceptors (Lipinski definition) is 4. The van der Waals surface area contributed by atoms with Crippen LogP contribution in [0.1, 0.15) is 31.2 Å². The van der Waals surface area contributed by atoms with Crippen molar-refractivity contribution in [3.63, 3.8) is 0 Å². The first-order chi connectivity index (χ1) is 10.6. The molecule has 0 saturated carbocycles. The van der Waals surface area contributed by atoms with Gasteiger partial charge in [0.15, 0.2) is 0 Å². The fraction of sp³-hybridized carbons (Fsp3) is 0.500. The fourth-order valence-electron chi connectivity index (χ4n) is 2.69. The van der Waals surface area contributed by atoms with E-state index in [0.29, 0.717) is 6.42 Å². The van der Waals surface area contributed by atoms with Gasteiger partial charge in [-0.05, 0) is 24.8 Å². The number of non-ortho nitro benzene ring substituents is 1. The third kappa shape index (κ3) is 4.04. The summed E-state index contributed by atoms with van der Waals surface area (Å²) < 4.78 is 0. The highest BCUT2D eigenvalue weighted by molar-refractivity contribution is 5.81. The molecule has 1 amide bonds. The summed E-state index contributed by atoms with van der Waals surface area (Å²) in [7, 11) is 0. The van der Waals surface area contributed by atoms with Gasteiger partial charge in [-0.1, -0.05) is 25.0 Å². The van der Waals surface area contributed by atoms with Crippen LogP contribution in [0.25, 0.3) is 0 Å². The molecule has 1 aliphatic heterocycles. The molecular formula is C16H19N3O3. The van der Waals surface area contributed by atoms with E-state index in [2.05, 4.69) is 6.07 Å². The van der Waals surface area contributed by atoms with Crippen LogP contribution in [0.4, 0.5) is 5.69 Å². The molecule has 1 fully saturated rings. The Hall–Kier alpha value is -2.42. The molecule has 1 saturated heterocycles. The predicted molar refractivity (Wildman–Crippen MR) is 81.0 cm³/mol. The predicted octanol–water partition coefficient (Wildman–Crippen LogP) is 2.68. The van der Waals surface area contributed by atoms with Gasteiger partial charge < -0.3 is 4.90 Å². The molecule has 0 spiro atoms. The van der Waals surface area contributed by atoms with E-state index in [9.17, 15) is 20.2 Å². The lowest BCUT2D eigenvalue weighted by Gasteiger charge is -2.22. The number of carbonyl (C=O) groups excluding carboxylic acids is 1. The van der Waals surface area contributed by atoms with Crippen molar-refractivity contribution in [1.29, 1.82) is 5.26 Å². The second-order valence-corrected chi connectivity index (χ2v) is 5.55. The zero-order valence-corrected chi connectivity index (χ0v) is 12.4. The number of nitrogens with zero attached hydrogens (tertiary/aromatic N) is 3. The SMILES string of the molecule is N#CC(Cc1ccc([N+](=O)[O-])cc1)C(=O)N1CCCCCC1. The maximum Gasteiger partial charge on any atom is 0.269 e. The Labute approximate surface area is 129 Å². The molecule has 1 heterocycles. The van der Waals surface area contributed by atoms with E-state index in [1.54, 1.807) is 17.0 Å². The largest absolute Gasteiger partial charge is 0.342 e. The second-order valence-electron chi connectivity index (χ2n) is 5.55. The Morgan fingerprint density at radius 1 is 1.23 bits per heavy atom. The molecule has 0 aromatic heterocycles. The highest BCUT2D eigenvalue weighted by Gasteiger charge is 2.25. The minimum atomic E-state index is -0.723. The summed E-state index contributed by atoms with van der Waals surface area (Å²) in [6.45, 7) is 1.44. The Bertz CT molecular complexity index is 569. The first-order valence-corrected chi connectivity index (χ1v) is 7.53. The third-order valence-electron chi connectivity index (χ3n) is 3.96. The number of nitriles is 1. The molecule has 0 radical (unpaired) electrons. The maximum atomic E-state index is 12.5. The number of likely N-dealkylation sites (tertiary alicyclic amines) is 1. The molecular weight excluding hydrogens is 282 g/mol. The van der Waals surface area contributed by atoms with Crippen molar-refractivity contribution in [2.75, 3.05) is 13.1 Å². The first-order valence-electron chi connectivity index (χ1n) is 7.53. The van der Waals surface area contributed by atoms with E-state index >= 15 is 0 Å². The lowest BCUT2D eigenvalue weighted by atomic mass is 9.99. The van der Waals surface area contributed by atoms with Crippen LogP contribution in [0.2, 0.25) is 0 Å². The summed E-state index contributed by atoms with van der Waals surface area (Å²) in [5.41, 5.74) is 0.774. The third-order valence-corrected chi connectivity index (χ3v) is 3.96. The van der Waals surface area contributed by atoms with Crippen molar-refractivity contribution in [2.45, 2.75) is 32.1 Å².